The molecule has 9 heteroatoms. The summed E-state index contributed by atoms with van der Waals surface area (Å²) in [5, 5.41) is 23.4. The van der Waals surface area contributed by atoms with E-state index in [4.69, 9.17) is 9.84 Å². The standard InChI is InChI=1S/C20H24N4O5/c1-29-17-5-3-16(4-6-17)21-20(26)15-2-7-18(19(14-15)24(27)28)23-10-8-22(9-11-23)12-13-25/h2-7,14,25H,8-13H2,1H3,(H,21,26)/p+1. The SMILES string of the molecule is COc1ccc(NC(=O)c2ccc(N3CC[NH+](CCO)CC3)c([N+](=O)[O-])c2)cc1. The molecular formula is C20H25N4O5+. The Balaban J connectivity index is 1.75. The minimum absolute atomic E-state index is 0.0852. The van der Waals surface area contributed by atoms with Crippen molar-refractivity contribution in [1.82, 2.24) is 0 Å². The second-order valence-electron chi connectivity index (χ2n) is 6.85. The Hall–Kier alpha value is -3.17. The predicted octanol–water partition coefficient (Wildman–Crippen LogP) is 0.553. The van der Waals surface area contributed by atoms with Gasteiger partial charge in [0.05, 0.1) is 44.8 Å². The van der Waals surface area contributed by atoms with Gasteiger partial charge < -0.3 is 25.0 Å². The quantitative estimate of drug-likeness (QED) is 0.462. The molecule has 0 atom stereocenters. The molecule has 0 saturated carbocycles. The van der Waals surface area contributed by atoms with E-state index in [1.165, 1.54) is 11.0 Å². The second-order valence-corrected chi connectivity index (χ2v) is 6.85. The highest BCUT2D eigenvalue weighted by atomic mass is 16.6. The van der Waals surface area contributed by atoms with Crippen LogP contribution in [-0.4, -0.2) is 62.4 Å². The number of benzene rings is 2. The summed E-state index contributed by atoms with van der Waals surface area (Å²) in [6.07, 6.45) is 0. The number of nitro benzene ring substituents is 1. The fraction of sp³-hybridized carbons (Fsp3) is 0.350. The van der Waals surface area contributed by atoms with Gasteiger partial charge in [0.2, 0.25) is 0 Å². The number of nitro groups is 1. The van der Waals surface area contributed by atoms with Crippen LogP contribution in [0.5, 0.6) is 5.75 Å². The molecule has 0 radical (unpaired) electrons. The number of aliphatic hydroxyl groups is 1. The van der Waals surface area contributed by atoms with Gasteiger partial charge in [-0.15, -0.1) is 0 Å². The van der Waals surface area contributed by atoms with Crippen molar-refractivity contribution in [3.05, 3.63) is 58.1 Å². The maximum Gasteiger partial charge on any atom is 0.293 e. The summed E-state index contributed by atoms with van der Waals surface area (Å²) in [5.74, 6) is 0.255. The number of methoxy groups -OCH3 is 1. The molecule has 2 aromatic rings. The lowest BCUT2D eigenvalue weighted by Crippen LogP contribution is -3.15. The zero-order chi connectivity index (χ0) is 20.8. The number of nitrogens with zero attached hydrogens (tertiary/aromatic N) is 2. The van der Waals surface area contributed by atoms with Gasteiger partial charge in [-0.2, -0.15) is 0 Å². The number of carbonyl (C=O) groups excluding carboxylic acids is 1. The summed E-state index contributed by atoms with van der Waals surface area (Å²) >= 11 is 0. The van der Waals surface area contributed by atoms with Crippen molar-refractivity contribution in [2.45, 2.75) is 0 Å². The van der Waals surface area contributed by atoms with Crippen LogP contribution >= 0.6 is 0 Å². The Morgan fingerprint density at radius 3 is 2.52 bits per heavy atom. The zero-order valence-electron chi connectivity index (χ0n) is 16.3. The first-order chi connectivity index (χ1) is 14.0. The molecule has 9 nitrogen and oxygen atoms in total. The number of nitrogens with one attached hydrogen (secondary N) is 2. The van der Waals surface area contributed by atoms with Crippen molar-refractivity contribution in [2.24, 2.45) is 0 Å². The lowest BCUT2D eigenvalue weighted by atomic mass is 10.1. The highest BCUT2D eigenvalue weighted by Crippen LogP contribution is 2.29. The Bertz CT molecular complexity index is 864. The Morgan fingerprint density at radius 2 is 1.93 bits per heavy atom. The summed E-state index contributed by atoms with van der Waals surface area (Å²) < 4.78 is 5.09. The molecule has 0 spiro atoms. The Morgan fingerprint density at radius 1 is 1.24 bits per heavy atom. The van der Waals surface area contributed by atoms with Crippen molar-refractivity contribution in [3.63, 3.8) is 0 Å². The van der Waals surface area contributed by atoms with E-state index in [0.29, 0.717) is 36.8 Å². The zero-order valence-corrected chi connectivity index (χ0v) is 16.3. The largest absolute Gasteiger partial charge is 0.497 e. The molecule has 29 heavy (non-hydrogen) atoms. The van der Waals surface area contributed by atoms with Crippen molar-refractivity contribution in [1.29, 1.82) is 0 Å². The molecule has 1 heterocycles. The normalized spacial score (nSPS) is 14.5. The number of hydrogen-bond donors (Lipinski definition) is 3. The Labute approximate surface area is 168 Å². The summed E-state index contributed by atoms with van der Waals surface area (Å²) in [4.78, 5) is 27.0. The Kier molecular flexibility index (Phi) is 6.63. The van der Waals surface area contributed by atoms with Gasteiger partial charge >= 0.3 is 0 Å². The van der Waals surface area contributed by atoms with Crippen LogP contribution in [0.15, 0.2) is 42.5 Å². The molecule has 154 valence electrons. The number of ether oxygens (including phenoxy) is 1. The van der Waals surface area contributed by atoms with E-state index >= 15 is 0 Å². The van der Waals surface area contributed by atoms with E-state index in [2.05, 4.69) is 5.32 Å². The molecule has 1 fully saturated rings. The summed E-state index contributed by atoms with van der Waals surface area (Å²) in [7, 11) is 1.56. The molecule has 0 aliphatic carbocycles. The number of anilines is 2. The van der Waals surface area contributed by atoms with Gasteiger partial charge in [-0.3, -0.25) is 14.9 Å². The molecule has 0 bridgehead atoms. The van der Waals surface area contributed by atoms with E-state index in [-0.39, 0.29) is 17.9 Å². The summed E-state index contributed by atoms with van der Waals surface area (Å²) in [6.45, 7) is 3.74. The number of rotatable bonds is 7. The maximum absolute atomic E-state index is 12.5. The van der Waals surface area contributed by atoms with E-state index in [1.807, 2.05) is 4.90 Å². The van der Waals surface area contributed by atoms with Crippen LogP contribution in [0.4, 0.5) is 17.1 Å². The van der Waals surface area contributed by atoms with E-state index in [1.54, 1.807) is 43.5 Å². The predicted molar refractivity (Wildman–Crippen MR) is 109 cm³/mol. The van der Waals surface area contributed by atoms with Crippen LogP contribution < -0.4 is 19.9 Å². The van der Waals surface area contributed by atoms with Gasteiger partial charge in [-0.25, -0.2) is 0 Å². The molecule has 0 aromatic heterocycles. The third-order valence-corrected chi connectivity index (χ3v) is 5.06. The van der Waals surface area contributed by atoms with Crippen molar-refractivity contribution < 1.29 is 24.5 Å². The van der Waals surface area contributed by atoms with Crippen LogP contribution in [0.2, 0.25) is 0 Å². The smallest absolute Gasteiger partial charge is 0.293 e. The first-order valence-electron chi connectivity index (χ1n) is 9.45. The van der Waals surface area contributed by atoms with Gasteiger partial charge in [0.15, 0.2) is 0 Å². The number of piperazine rings is 1. The average molecular weight is 401 g/mol. The molecule has 1 aliphatic rings. The minimum Gasteiger partial charge on any atom is -0.497 e. The van der Waals surface area contributed by atoms with Gasteiger partial charge in [-0.1, -0.05) is 0 Å². The second kappa shape index (κ2) is 9.35. The topological polar surface area (TPSA) is 109 Å². The third kappa shape index (κ3) is 5.01. The number of carbonyl (C=O) groups is 1. The monoisotopic (exact) mass is 401 g/mol. The lowest BCUT2D eigenvalue weighted by molar-refractivity contribution is -0.900. The van der Waals surface area contributed by atoms with Gasteiger partial charge in [0.25, 0.3) is 11.6 Å². The summed E-state index contributed by atoms with van der Waals surface area (Å²) in [5.41, 5.74) is 1.23. The first kappa shape index (κ1) is 20.6. The van der Waals surface area contributed by atoms with Gasteiger partial charge in [0, 0.05) is 17.3 Å². The maximum atomic E-state index is 12.5. The van der Waals surface area contributed by atoms with Crippen LogP contribution in [0.1, 0.15) is 10.4 Å². The molecular weight excluding hydrogens is 376 g/mol. The van der Waals surface area contributed by atoms with Crippen LogP contribution in [0.3, 0.4) is 0 Å². The fourth-order valence-electron chi connectivity index (χ4n) is 3.43. The van der Waals surface area contributed by atoms with Crippen LogP contribution in [0, 0.1) is 10.1 Å². The van der Waals surface area contributed by atoms with Crippen molar-refractivity contribution >= 4 is 23.0 Å². The first-order valence-corrected chi connectivity index (χ1v) is 9.45. The number of amides is 1. The highest BCUT2D eigenvalue weighted by Gasteiger charge is 2.26. The highest BCUT2D eigenvalue weighted by molar-refractivity contribution is 6.05. The van der Waals surface area contributed by atoms with Crippen LogP contribution in [0.25, 0.3) is 0 Å². The molecule has 2 aromatic carbocycles. The average Bonchev–Trinajstić information content (AvgIpc) is 2.74. The van der Waals surface area contributed by atoms with Gasteiger partial charge in [-0.05, 0) is 36.4 Å². The molecule has 1 saturated heterocycles. The molecule has 1 aliphatic heterocycles. The van der Waals surface area contributed by atoms with E-state index in [0.717, 1.165) is 13.1 Å². The fourth-order valence-corrected chi connectivity index (χ4v) is 3.43. The van der Waals surface area contributed by atoms with E-state index < -0.39 is 10.8 Å². The van der Waals surface area contributed by atoms with E-state index in [9.17, 15) is 14.9 Å². The molecule has 1 amide bonds. The molecule has 3 rings (SSSR count). The van der Waals surface area contributed by atoms with Crippen LogP contribution in [-0.2, 0) is 0 Å². The third-order valence-electron chi connectivity index (χ3n) is 5.06. The number of aliphatic hydroxyl groups excluding tert-OH is 1. The van der Waals surface area contributed by atoms with Crippen molar-refractivity contribution in [2.75, 3.05) is 56.7 Å². The summed E-state index contributed by atoms with van der Waals surface area (Å²) in [6, 6.07) is 11.4. The van der Waals surface area contributed by atoms with Crippen molar-refractivity contribution in [3.8, 4) is 5.75 Å². The molecule has 0 unspecified atom stereocenters. The number of quaternary nitrogens is 1. The minimum atomic E-state index is -0.452. The molecule has 3 N–H and O–H groups in total. The number of hydrogen-bond acceptors (Lipinski definition) is 6. The lowest BCUT2D eigenvalue weighted by Gasteiger charge is -2.33. The van der Waals surface area contributed by atoms with Gasteiger partial charge in [0.1, 0.15) is 18.0 Å².